The minimum Gasteiger partial charge on any atom is -0.356 e. The van der Waals surface area contributed by atoms with E-state index in [1.165, 1.54) is 4.68 Å². The lowest BCUT2D eigenvalue weighted by atomic mass is 10.1. The summed E-state index contributed by atoms with van der Waals surface area (Å²) in [6.07, 6.45) is 1.67. The van der Waals surface area contributed by atoms with E-state index in [4.69, 9.17) is 26.5 Å². The van der Waals surface area contributed by atoms with Crippen LogP contribution in [-0.2, 0) is 0 Å². The molecule has 0 atom stereocenters. The van der Waals surface area contributed by atoms with E-state index >= 15 is 0 Å². The second kappa shape index (κ2) is 5.99. The van der Waals surface area contributed by atoms with Crippen LogP contribution in [-0.4, -0.2) is 20.8 Å². The zero-order valence-electron chi connectivity index (χ0n) is 9.26. The molecule has 1 heterocycles. The third kappa shape index (κ3) is 3.59. The van der Waals surface area contributed by atoms with Crippen LogP contribution in [0.15, 0.2) is 42.6 Å². The standard InChI is InChI=1S/C10H10N4.NO3/c11-10(12)14-9(6-7-13-14)8-4-2-1-3-5-8;2-1(3)4/h1-7H,(H3,11,12);/q;-1/p+1. The summed E-state index contributed by atoms with van der Waals surface area (Å²) in [5, 5.41) is 24.3. The van der Waals surface area contributed by atoms with Crippen LogP contribution in [0.2, 0.25) is 0 Å². The molecule has 0 fully saturated rings. The van der Waals surface area contributed by atoms with Gasteiger partial charge >= 0.3 is 5.96 Å². The van der Waals surface area contributed by atoms with E-state index in [1.54, 1.807) is 6.20 Å². The van der Waals surface area contributed by atoms with E-state index in [9.17, 15) is 0 Å². The molecule has 8 nitrogen and oxygen atoms in total. The van der Waals surface area contributed by atoms with Crippen molar-refractivity contribution in [1.29, 1.82) is 0 Å². The van der Waals surface area contributed by atoms with Gasteiger partial charge in [0.15, 0.2) is 0 Å². The molecule has 4 N–H and O–H groups in total. The van der Waals surface area contributed by atoms with Crippen LogP contribution in [0.5, 0.6) is 0 Å². The molecule has 0 unspecified atom stereocenters. The average Bonchev–Trinajstić information content (AvgIpc) is 2.78. The number of hydrogen-bond acceptors (Lipinski definition) is 4. The topological polar surface area (TPSA) is 136 Å². The maximum atomic E-state index is 8.25. The number of benzene rings is 1. The van der Waals surface area contributed by atoms with Gasteiger partial charge in [0, 0.05) is 11.6 Å². The SMILES string of the molecule is NC(=[NH2+])n1nccc1-c1ccccc1.O=[N+]([O-])[O-]. The van der Waals surface area contributed by atoms with Crippen LogP contribution in [0, 0.1) is 15.3 Å². The van der Waals surface area contributed by atoms with E-state index < -0.39 is 5.09 Å². The van der Waals surface area contributed by atoms with Gasteiger partial charge in [0.1, 0.15) is 5.69 Å². The van der Waals surface area contributed by atoms with E-state index in [0.717, 1.165) is 11.3 Å². The maximum absolute atomic E-state index is 8.25. The van der Waals surface area contributed by atoms with Crippen LogP contribution in [0.3, 0.4) is 0 Å². The third-order valence-electron chi connectivity index (χ3n) is 1.96. The highest BCUT2D eigenvalue weighted by molar-refractivity contribution is 5.79. The Labute approximate surface area is 102 Å². The van der Waals surface area contributed by atoms with E-state index in [0.29, 0.717) is 0 Å². The molecule has 2 aromatic rings. The van der Waals surface area contributed by atoms with E-state index in [-0.39, 0.29) is 5.96 Å². The average molecular weight is 249 g/mol. The summed E-state index contributed by atoms with van der Waals surface area (Å²) in [5.41, 5.74) is 7.43. The number of nitrogens with two attached hydrogens (primary N) is 2. The Morgan fingerprint density at radius 3 is 2.33 bits per heavy atom. The smallest absolute Gasteiger partial charge is 0.356 e. The zero-order valence-corrected chi connectivity index (χ0v) is 9.26. The van der Waals surface area contributed by atoms with Crippen molar-refractivity contribution < 1.29 is 10.5 Å². The van der Waals surface area contributed by atoms with Gasteiger partial charge in [0.05, 0.1) is 11.3 Å². The molecule has 0 aliphatic carbocycles. The lowest BCUT2D eigenvalue weighted by molar-refractivity contribution is -0.402. The number of aromatic nitrogens is 2. The molecule has 0 amide bonds. The molecule has 0 saturated carbocycles. The summed E-state index contributed by atoms with van der Waals surface area (Å²) >= 11 is 0. The van der Waals surface area contributed by atoms with Crippen molar-refractivity contribution in [2.75, 3.05) is 0 Å². The van der Waals surface area contributed by atoms with Gasteiger partial charge in [0.25, 0.3) is 0 Å². The Hall–Kier alpha value is -2.90. The molecule has 18 heavy (non-hydrogen) atoms. The van der Waals surface area contributed by atoms with Crippen molar-refractivity contribution in [3.8, 4) is 11.3 Å². The van der Waals surface area contributed by atoms with Gasteiger partial charge in [-0.3, -0.25) is 11.1 Å². The normalized spacial score (nSPS) is 9.11. The van der Waals surface area contributed by atoms with Crippen LogP contribution in [0.4, 0.5) is 0 Å². The molecule has 1 aromatic heterocycles. The highest BCUT2D eigenvalue weighted by Gasteiger charge is 2.11. The molecule has 0 saturated heterocycles. The van der Waals surface area contributed by atoms with Crippen molar-refractivity contribution in [3.05, 3.63) is 57.9 Å². The van der Waals surface area contributed by atoms with Gasteiger partial charge in [-0.1, -0.05) is 30.3 Å². The Morgan fingerprint density at radius 2 is 1.83 bits per heavy atom. The number of rotatable bonds is 1. The Bertz CT molecular complexity index is 533. The first-order chi connectivity index (χ1) is 8.52. The van der Waals surface area contributed by atoms with E-state index in [1.807, 2.05) is 36.4 Å². The predicted molar refractivity (Wildman–Crippen MR) is 64.5 cm³/mol. The van der Waals surface area contributed by atoms with Gasteiger partial charge in [-0.15, -0.1) is 9.78 Å². The minimum atomic E-state index is -1.75. The largest absolute Gasteiger partial charge is 0.370 e. The first-order valence-electron chi connectivity index (χ1n) is 4.81. The van der Waals surface area contributed by atoms with Crippen LogP contribution >= 0.6 is 0 Å². The minimum absolute atomic E-state index is 0.175. The first kappa shape index (κ1) is 13.2. The third-order valence-corrected chi connectivity index (χ3v) is 1.96. The monoisotopic (exact) mass is 249 g/mol. The summed E-state index contributed by atoms with van der Waals surface area (Å²) in [7, 11) is 0. The van der Waals surface area contributed by atoms with E-state index in [2.05, 4.69) is 5.10 Å². The highest BCUT2D eigenvalue weighted by atomic mass is 16.9. The summed E-state index contributed by atoms with van der Waals surface area (Å²) in [5.74, 6) is 0.175. The second-order valence-corrected chi connectivity index (χ2v) is 3.14. The van der Waals surface area contributed by atoms with Crippen LogP contribution < -0.4 is 11.1 Å². The maximum Gasteiger partial charge on any atom is 0.370 e. The fraction of sp³-hybridized carbons (Fsp3) is 0. The summed E-state index contributed by atoms with van der Waals surface area (Å²) in [6, 6.07) is 11.7. The van der Waals surface area contributed by atoms with Gasteiger partial charge in [-0.05, 0) is 0 Å². The summed E-state index contributed by atoms with van der Waals surface area (Å²) in [4.78, 5) is 8.25. The predicted octanol–water partition coefficient (Wildman–Crippen LogP) is -0.767. The molecule has 0 aliphatic rings. The Morgan fingerprint density at radius 1 is 1.28 bits per heavy atom. The molecule has 0 bridgehead atoms. The highest BCUT2D eigenvalue weighted by Crippen LogP contribution is 2.16. The number of hydrogen-bond donors (Lipinski definition) is 2. The van der Waals surface area contributed by atoms with Gasteiger partial charge in [-0.2, -0.15) is 0 Å². The van der Waals surface area contributed by atoms with Crippen molar-refractivity contribution >= 4 is 5.96 Å². The molecule has 0 radical (unpaired) electrons. The van der Waals surface area contributed by atoms with Crippen molar-refractivity contribution in [2.24, 2.45) is 5.73 Å². The van der Waals surface area contributed by atoms with Crippen molar-refractivity contribution in [1.82, 2.24) is 9.78 Å². The molecular formula is C10H11N5O3. The molecular weight excluding hydrogens is 238 g/mol. The van der Waals surface area contributed by atoms with Gasteiger partial charge < -0.3 is 15.3 Å². The summed E-state index contributed by atoms with van der Waals surface area (Å²) < 4.78 is 1.51. The molecule has 8 heteroatoms. The van der Waals surface area contributed by atoms with Crippen LogP contribution in [0.1, 0.15) is 0 Å². The lowest BCUT2D eigenvalue weighted by Gasteiger charge is -1.98. The van der Waals surface area contributed by atoms with Gasteiger partial charge in [-0.25, -0.2) is 0 Å². The van der Waals surface area contributed by atoms with Crippen molar-refractivity contribution in [3.63, 3.8) is 0 Å². The molecule has 94 valence electrons. The molecule has 0 spiro atoms. The zero-order chi connectivity index (χ0) is 13.5. The Balaban J connectivity index is 0.000000357. The Kier molecular flexibility index (Phi) is 4.38. The molecule has 1 aromatic carbocycles. The quantitative estimate of drug-likeness (QED) is 0.296. The second-order valence-electron chi connectivity index (χ2n) is 3.14. The lowest BCUT2D eigenvalue weighted by Crippen LogP contribution is -2.50. The first-order valence-corrected chi connectivity index (χ1v) is 4.81. The number of nitrogens with zero attached hydrogens (tertiary/aromatic N) is 3. The summed E-state index contributed by atoms with van der Waals surface area (Å²) in [6.45, 7) is 0. The molecule has 2 rings (SSSR count). The van der Waals surface area contributed by atoms with Crippen molar-refractivity contribution in [2.45, 2.75) is 0 Å². The van der Waals surface area contributed by atoms with Gasteiger partial charge in [0.2, 0.25) is 0 Å². The fourth-order valence-electron chi connectivity index (χ4n) is 1.34. The van der Waals surface area contributed by atoms with Crippen LogP contribution in [0.25, 0.3) is 11.3 Å². The molecule has 0 aliphatic heterocycles. The fourth-order valence-corrected chi connectivity index (χ4v) is 1.34.